The summed E-state index contributed by atoms with van der Waals surface area (Å²) >= 11 is 16.6. The minimum absolute atomic E-state index is 0.262. The molecule has 2 bridgehead atoms. The molecule has 0 aromatic rings. The van der Waals surface area contributed by atoms with Crippen LogP contribution in [0.2, 0.25) is 0 Å². The van der Waals surface area contributed by atoms with Gasteiger partial charge in [0.2, 0.25) is 0 Å². The molecule has 2 saturated carbocycles. The molecule has 0 aromatic carbocycles. The second-order valence-electron chi connectivity index (χ2n) is 6.53. The zero-order chi connectivity index (χ0) is 15.6. The highest BCUT2D eigenvalue weighted by Gasteiger charge is 2.74. The highest BCUT2D eigenvalue weighted by molar-refractivity contribution is 6.75. The summed E-state index contributed by atoms with van der Waals surface area (Å²) < 4.78 is 3.19. The Morgan fingerprint density at radius 1 is 1.20 bits per heavy atom. The Balaban J connectivity index is 2.33. The van der Waals surface area contributed by atoms with Crippen molar-refractivity contribution in [2.45, 2.75) is 49.9 Å². The first-order chi connectivity index (χ1) is 8.88. The Hall–Kier alpha value is -0.190. The molecule has 0 spiro atoms. The van der Waals surface area contributed by atoms with E-state index in [1.54, 1.807) is 0 Å². The van der Waals surface area contributed by atoms with Crippen molar-refractivity contribution in [3.8, 4) is 0 Å². The number of alkyl halides is 3. The number of carboxylic acid groups (broad SMARTS) is 1. The lowest BCUT2D eigenvalue weighted by Gasteiger charge is -2.39. The number of hydrogen-bond acceptors (Lipinski definition) is 3. The minimum Gasteiger partial charge on any atom is -0.481 e. The first-order valence-corrected chi connectivity index (χ1v) is 7.53. The molecular formula is C13H17Cl3O4. The molecule has 2 aliphatic carbocycles. The monoisotopic (exact) mass is 342 g/mol. The molecule has 114 valence electrons. The number of fused-ring (bicyclic) bond motifs is 2. The molecule has 2 aliphatic rings. The summed E-state index contributed by atoms with van der Waals surface area (Å²) in [4.78, 5) is 23.5. The van der Waals surface area contributed by atoms with Crippen LogP contribution < -0.4 is 0 Å². The van der Waals surface area contributed by atoms with E-state index in [0.29, 0.717) is 12.8 Å². The number of carboxylic acids is 1. The fourth-order valence-electron chi connectivity index (χ4n) is 3.94. The number of aliphatic carboxylic acids is 1. The van der Waals surface area contributed by atoms with Gasteiger partial charge in [-0.05, 0) is 18.3 Å². The van der Waals surface area contributed by atoms with Crippen molar-refractivity contribution in [3.05, 3.63) is 0 Å². The molecular weight excluding hydrogens is 326 g/mol. The third-order valence-corrected chi connectivity index (χ3v) is 6.29. The predicted molar refractivity (Wildman–Crippen MR) is 76.0 cm³/mol. The molecule has 0 heterocycles. The van der Waals surface area contributed by atoms with Gasteiger partial charge in [-0.1, -0.05) is 55.6 Å². The summed E-state index contributed by atoms with van der Waals surface area (Å²) in [6.07, 6.45) is 0.960. The molecule has 0 amide bonds. The van der Waals surface area contributed by atoms with Gasteiger partial charge in [-0.3, -0.25) is 4.79 Å². The van der Waals surface area contributed by atoms with Crippen molar-refractivity contribution in [1.82, 2.24) is 0 Å². The van der Waals surface area contributed by atoms with Crippen LogP contribution in [0.25, 0.3) is 0 Å². The fourth-order valence-corrected chi connectivity index (χ4v) is 4.07. The van der Waals surface area contributed by atoms with Gasteiger partial charge in [-0.2, -0.15) is 0 Å². The summed E-state index contributed by atoms with van der Waals surface area (Å²) in [6, 6.07) is 0. The molecule has 2 rings (SSSR count). The van der Waals surface area contributed by atoms with Crippen LogP contribution in [0.5, 0.6) is 0 Å². The summed E-state index contributed by atoms with van der Waals surface area (Å²) in [7, 11) is 0. The van der Waals surface area contributed by atoms with Gasteiger partial charge in [0.05, 0.1) is 5.41 Å². The SMILES string of the molecule is CC1(C)[C@@]2(C(=O)O)CC[C@@]1(C)[C@@H](OC(=O)C(Cl)(Cl)Cl)C2. The van der Waals surface area contributed by atoms with Crippen LogP contribution in [-0.4, -0.2) is 26.9 Å². The van der Waals surface area contributed by atoms with E-state index in [-0.39, 0.29) is 6.42 Å². The second-order valence-corrected chi connectivity index (χ2v) is 8.81. The lowest BCUT2D eigenvalue weighted by Crippen LogP contribution is -2.41. The number of halogens is 3. The average Bonchev–Trinajstić information content (AvgIpc) is 2.58. The Kier molecular flexibility index (Phi) is 3.56. The average molecular weight is 344 g/mol. The largest absolute Gasteiger partial charge is 0.481 e. The normalized spacial score (nSPS) is 38.8. The highest BCUT2D eigenvalue weighted by atomic mass is 35.6. The van der Waals surface area contributed by atoms with E-state index >= 15 is 0 Å². The molecule has 1 N–H and O–H groups in total. The lowest BCUT2D eigenvalue weighted by atomic mass is 9.65. The standard InChI is InChI=1S/C13H17Cl3O4/c1-10(2)11(3)4-5-12(10,8(17)18)6-7(11)20-9(19)13(14,15)16/h7H,4-6H2,1-3H3,(H,17,18)/t7-,11-,12-/m0/s1. The van der Waals surface area contributed by atoms with Crippen molar-refractivity contribution in [3.63, 3.8) is 0 Å². The van der Waals surface area contributed by atoms with Crippen LogP contribution in [0.15, 0.2) is 0 Å². The molecule has 3 atom stereocenters. The van der Waals surface area contributed by atoms with E-state index in [2.05, 4.69) is 0 Å². The highest BCUT2D eigenvalue weighted by Crippen LogP contribution is 2.72. The van der Waals surface area contributed by atoms with Gasteiger partial charge in [0.25, 0.3) is 3.79 Å². The van der Waals surface area contributed by atoms with Gasteiger partial charge in [0.15, 0.2) is 0 Å². The van der Waals surface area contributed by atoms with E-state index in [9.17, 15) is 14.7 Å². The molecule has 0 aromatic heterocycles. The van der Waals surface area contributed by atoms with E-state index in [1.807, 2.05) is 20.8 Å². The molecule has 0 saturated heterocycles. The van der Waals surface area contributed by atoms with E-state index in [1.165, 1.54) is 0 Å². The first-order valence-electron chi connectivity index (χ1n) is 6.40. The number of ether oxygens (including phenoxy) is 1. The number of carbonyl (C=O) groups excluding carboxylic acids is 1. The molecule has 20 heavy (non-hydrogen) atoms. The molecule has 0 radical (unpaired) electrons. The van der Waals surface area contributed by atoms with Crippen molar-refractivity contribution in [1.29, 1.82) is 0 Å². The van der Waals surface area contributed by atoms with Crippen LogP contribution >= 0.6 is 34.8 Å². The fraction of sp³-hybridized carbons (Fsp3) is 0.846. The van der Waals surface area contributed by atoms with Crippen molar-refractivity contribution < 1.29 is 19.4 Å². The lowest BCUT2D eigenvalue weighted by molar-refractivity contribution is -0.158. The topological polar surface area (TPSA) is 63.6 Å². The number of hydrogen-bond donors (Lipinski definition) is 1. The zero-order valence-electron chi connectivity index (χ0n) is 11.5. The van der Waals surface area contributed by atoms with Gasteiger partial charge in [-0.15, -0.1) is 0 Å². The van der Waals surface area contributed by atoms with Gasteiger partial charge < -0.3 is 9.84 Å². The summed E-state index contributed by atoms with van der Waals surface area (Å²) in [5.41, 5.74) is -1.82. The zero-order valence-corrected chi connectivity index (χ0v) is 13.8. The molecule has 7 heteroatoms. The maximum Gasteiger partial charge on any atom is 0.358 e. The van der Waals surface area contributed by atoms with Crippen LogP contribution in [0.1, 0.15) is 40.0 Å². The van der Waals surface area contributed by atoms with Crippen LogP contribution in [0.3, 0.4) is 0 Å². The van der Waals surface area contributed by atoms with E-state index in [4.69, 9.17) is 39.5 Å². The third-order valence-electron chi connectivity index (χ3n) is 5.83. The van der Waals surface area contributed by atoms with E-state index in [0.717, 1.165) is 0 Å². The van der Waals surface area contributed by atoms with Crippen LogP contribution in [0.4, 0.5) is 0 Å². The number of rotatable bonds is 2. The van der Waals surface area contributed by atoms with Crippen LogP contribution in [0, 0.1) is 16.2 Å². The Labute approximate surface area is 132 Å². The van der Waals surface area contributed by atoms with Crippen molar-refractivity contribution in [2.24, 2.45) is 16.2 Å². The Morgan fingerprint density at radius 3 is 2.15 bits per heavy atom. The van der Waals surface area contributed by atoms with Gasteiger partial charge >= 0.3 is 11.9 Å². The molecule has 0 aliphatic heterocycles. The Bertz CT molecular complexity index is 471. The maximum absolute atomic E-state index is 11.8. The van der Waals surface area contributed by atoms with Gasteiger partial charge in [-0.25, -0.2) is 4.79 Å². The van der Waals surface area contributed by atoms with Gasteiger partial charge in [0.1, 0.15) is 6.10 Å². The molecule has 0 unspecified atom stereocenters. The molecule has 2 fully saturated rings. The number of carbonyl (C=O) groups is 2. The van der Waals surface area contributed by atoms with Gasteiger partial charge in [0, 0.05) is 11.8 Å². The molecule has 4 nitrogen and oxygen atoms in total. The van der Waals surface area contributed by atoms with Crippen molar-refractivity contribution in [2.75, 3.05) is 0 Å². The minimum atomic E-state index is -2.14. The summed E-state index contributed by atoms with van der Waals surface area (Å²) in [5.74, 6) is -1.80. The number of esters is 1. The van der Waals surface area contributed by atoms with Crippen molar-refractivity contribution >= 4 is 46.7 Å². The summed E-state index contributed by atoms with van der Waals surface area (Å²) in [6.45, 7) is 5.77. The predicted octanol–water partition coefficient (Wildman–Crippen LogP) is 3.57. The maximum atomic E-state index is 11.8. The smallest absolute Gasteiger partial charge is 0.358 e. The third kappa shape index (κ3) is 1.87. The van der Waals surface area contributed by atoms with Crippen LogP contribution in [-0.2, 0) is 14.3 Å². The Morgan fingerprint density at radius 2 is 1.75 bits per heavy atom. The second kappa shape index (κ2) is 4.40. The first kappa shape index (κ1) is 16.2. The quantitative estimate of drug-likeness (QED) is 0.615. The summed E-state index contributed by atoms with van der Waals surface area (Å²) in [5, 5.41) is 9.63. The van der Waals surface area contributed by atoms with E-state index < -0.39 is 38.1 Å².